The smallest absolute Gasteiger partial charge is 0.319 e. The molecule has 10 heteroatoms. The summed E-state index contributed by atoms with van der Waals surface area (Å²) in [6.45, 7) is 0.528. The lowest BCUT2D eigenvalue weighted by Gasteiger charge is -2.24. The fourth-order valence-corrected chi connectivity index (χ4v) is 4.29. The van der Waals surface area contributed by atoms with Crippen LogP contribution in [-0.4, -0.2) is 41.8 Å². The Hall–Kier alpha value is -3.59. The molecule has 1 saturated heterocycles. The van der Waals surface area contributed by atoms with Crippen molar-refractivity contribution in [3.63, 3.8) is 0 Å². The third kappa shape index (κ3) is 4.93. The van der Waals surface area contributed by atoms with E-state index in [0.29, 0.717) is 34.9 Å². The molecule has 2 heterocycles. The lowest BCUT2D eigenvalue weighted by atomic mass is 10.1. The molecule has 2 aliphatic heterocycles. The molecule has 33 heavy (non-hydrogen) atoms. The van der Waals surface area contributed by atoms with Crippen LogP contribution in [0.15, 0.2) is 36.4 Å². The first-order valence-corrected chi connectivity index (χ1v) is 10.9. The molecule has 9 nitrogen and oxygen atoms in total. The number of hydrogen-bond acceptors (Lipinski definition) is 5. The predicted molar refractivity (Wildman–Crippen MR) is 121 cm³/mol. The second kappa shape index (κ2) is 9.50. The molecule has 2 aliphatic rings. The summed E-state index contributed by atoms with van der Waals surface area (Å²) in [6.07, 6.45) is 1.27. The first-order valence-electron chi connectivity index (χ1n) is 10.5. The molecule has 0 bridgehead atoms. The van der Waals surface area contributed by atoms with Gasteiger partial charge < -0.3 is 20.3 Å². The van der Waals surface area contributed by atoms with E-state index in [1.54, 1.807) is 30.3 Å². The SMILES string of the molecule is COc1ccc(NC(=O)NCc2ccc3c(c2)CN(C2CCCC(=O)NC2=O)C3=O)cc1Cl. The van der Waals surface area contributed by atoms with Gasteiger partial charge >= 0.3 is 6.03 Å². The largest absolute Gasteiger partial charge is 0.495 e. The first-order chi connectivity index (χ1) is 15.9. The zero-order chi connectivity index (χ0) is 23.5. The topological polar surface area (TPSA) is 117 Å². The number of rotatable bonds is 5. The summed E-state index contributed by atoms with van der Waals surface area (Å²) in [5.74, 6) is -0.462. The molecule has 1 unspecified atom stereocenters. The second-order valence-electron chi connectivity index (χ2n) is 7.90. The number of carbonyl (C=O) groups excluding carboxylic acids is 4. The van der Waals surface area contributed by atoms with Crippen LogP contribution in [0.3, 0.4) is 0 Å². The zero-order valence-corrected chi connectivity index (χ0v) is 18.7. The van der Waals surface area contributed by atoms with Gasteiger partial charge in [-0.3, -0.25) is 19.7 Å². The van der Waals surface area contributed by atoms with E-state index in [0.717, 1.165) is 11.1 Å². The Labute approximate surface area is 195 Å². The standard InChI is InChI=1S/C23H23ClN4O5/c1-33-19-8-6-15(10-17(19)24)26-23(32)25-11-13-5-7-16-14(9-13)12-28(22(16)31)18-3-2-4-20(29)27-21(18)30/h5-10,18H,2-4,11-12H2,1H3,(H2,25,26,32)(H,27,29,30). The van der Waals surface area contributed by atoms with Crippen LogP contribution in [0.25, 0.3) is 0 Å². The molecule has 0 radical (unpaired) electrons. The van der Waals surface area contributed by atoms with Crippen LogP contribution in [0.1, 0.15) is 40.7 Å². The number of benzene rings is 2. The fraction of sp³-hybridized carbons (Fsp3) is 0.304. The summed E-state index contributed by atoms with van der Waals surface area (Å²) < 4.78 is 5.09. The predicted octanol–water partition coefficient (Wildman–Crippen LogP) is 2.82. The summed E-state index contributed by atoms with van der Waals surface area (Å²) >= 11 is 6.08. The molecule has 0 spiro atoms. The Morgan fingerprint density at radius 3 is 2.79 bits per heavy atom. The van der Waals surface area contributed by atoms with Crippen LogP contribution >= 0.6 is 11.6 Å². The molecular weight excluding hydrogens is 448 g/mol. The molecule has 5 amide bonds. The van der Waals surface area contributed by atoms with Crippen LogP contribution in [0.4, 0.5) is 10.5 Å². The van der Waals surface area contributed by atoms with Crippen LogP contribution in [0.5, 0.6) is 5.75 Å². The second-order valence-corrected chi connectivity index (χ2v) is 8.31. The third-order valence-corrected chi connectivity index (χ3v) is 5.98. The average Bonchev–Trinajstić information content (AvgIpc) is 3.00. The summed E-state index contributed by atoms with van der Waals surface area (Å²) in [4.78, 5) is 50.6. The van der Waals surface area contributed by atoms with E-state index in [9.17, 15) is 19.2 Å². The number of halogens is 1. The van der Waals surface area contributed by atoms with Crippen LogP contribution in [-0.2, 0) is 22.7 Å². The monoisotopic (exact) mass is 470 g/mol. The highest BCUT2D eigenvalue weighted by atomic mass is 35.5. The van der Waals surface area contributed by atoms with Crippen molar-refractivity contribution < 1.29 is 23.9 Å². The lowest BCUT2D eigenvalue weighted by Crippen LogP contribution is -2.46. The Morgan fingerprint density at radius 1 is 1.21 bits per heavy atom. The Balaban J connectivity index is 1.38. The van der Waals surface area contributed by atoms with Gasteiger partial charge in [0.05, 0.1) is 12.1 Å². The fourth-order valence-electron chi connectivity index (χ4n) is 4.03. The quantitative estimate of drug-likeness (QED) is 0.581. The number of ether oxygens (including phenoxy) is 1. The van der Waals surface area contributed by atoms with Crippen molar-refractivity contribution in [3.8, 4) is 5.75 Å². The highest BCUT2D eigenvalue weighted by Gasteiger charge is 2.37. The van der Waals surface area contributed by atoms with E-state index in [1.807, 2.05) is 6.07 Å². The number of imide groups is 1. The van der Waals surface area contributed by atoms with Crippen LogP contribution in [0.2, 0.25) is 5.02 Å². The molecule has 172 valence electrons. The van der Waals surface area contributed by atoms with E-state index in [1.165, 1.54) is 12.0 Å². The van der Waals surface area contributed by atoms with Gasteiger partial charge in [-0.2, -0.15) is 0 Å². The van der Waals surface area contributed by atoms with Crippen molar-refractivity contribution in [2.75, 3.05) is 12.4 Å². The Bertz CT molecular complexity index is 1140. The molecule has 0 aliphatic carbocycles. The number of fused-ring (bicyclic) bond motifs is 1. The van der Waals surface area contributed by atoms with E-state index in [2.05, 4.69) is 16.0 Å². The number of nitrogens with zero attached hydrogens (tertiary/aromatic N) is 1. The van der Waals surface area contributed by atoms with Gasteiger partial charge in [0.25, 0.3) is 5.91 Å². The van der Waals surface area contributed by atoms with Crippen molar-refractivity contribution >= 4 is 41.0 Å². The van der Waals surface area contributed by atoms with Gasteiger partial charge in [-0.25, -0.2) is 4.79 Å². The first kappa shape index (κ1) is 22.6. The van der Waals surface area contributed by atoms with Gasteiger partial charge in [-0.1, -0.05) is 23.7 Å². The highest BCUT2D eigenvalue weighted by molar-refractivity contribution is 6.32. The summed E-state index contributed by atoms with van der Waals surface area (Å²) in [7, 11) is 1.51. The average molecular weight is 471 g/mol. The maximum atomic E-state index is 12.9. The number of carbonyl (C=O) groups is 4. The number of amides is 5. The number of urea groups is 1. The van der Waals surface area contributed by atoms with Crippen molar-refractivity contribution in [2.24, 2.45) is 0 Å². The minimum atomic E-state index is -0.667. The molecular formula is C23H23ClN4O5. The minimum absolute atomic E-state index is 0.229. The molecule has 4 rings (SSSR count). The number of anilines is 1. The molecule has 3 N–H and O–H groups in total. The molecule has 1 atom stereocenters. The van der Waals surface area contributed by atoms with Gasteiger partial charge in [-0.15, -0.1) is 0 Å². The maximum absolute atomic E-state index is 12.9. The summed E-state index contributed by atoms with van der Waals surface area (Å²) in [6, 6.07) is 9.17. The van der Waals surface area contributed by atoms with Crippen molar-refractivity contribution in [1.82, 2.24) is 15.5 Å². The van der Waals surface area contributed by atoms with E-state index < -0.39 is 18.0 Å². The van der Waals surface area contributed by atoms with Crippen molar-refractivity contribution in [2.45, 2.75) is 38.4 Å². The Morgan fingerprint density at radius 2 is 2.03 bits per heavy atom. The van der Waals surface area contributed by atoms with Crippen LogP contribution in [0, 0.1) is 0 Å². The van der Waals surface area contributed by atoms with Gasteiger partial charge in [0.1, 0.15) is 11.8 Å². The van der Waals surface area contributed by atoms with Gasteiger partial charge in [0.15, 0.2) is 0 Å². The van der Waals surface area contributed by atoms with Crippen molar-refractivity contribution in [3.05, 3.63) is 58.1 Å². The normalized spacial score (nSPS) is 17.8. The third-order valence-electron chi connectivity index (χ3n) is 5.69. The van der Waals surface area contributed by atoms with Gasteiger partial charge in [-0.05, 0) is 48.2 Å². The summed E-state index contributed by atoms with van der Waals surface area (Å²) in [5, 5.41) is 8.20. The van der Waals surface area contributed by atoms with Crippen molar-refractivity contribution in [1.29, 1.82) is 0 Å². The molecule has 0 saturated carbocycles. The number of hydrogen-bond donors (Lipinski definition) is 3. The van der Waals surface area contributed by atoms with Gasteiger partial charge in [0.2, 0.25) is 11.8 Å². The highest BCUT2D eigenvalue weighted by Crippen LogP contribution is 2.29. The number of nitrogens with one attached hydrogen (secondary N) is 3. The summed E-state index contributed by atoms with van der Waals surface area (Å²) in [5.41, 5.74) is 2.64. The molecule has 1 fully saturated rings. The maximum Gasteiger partial charge on any atom is 0.319 e. The van der Waals surface area contributed by atoms with Crippen LogP contribution < -0.4 is 20.7 Å². The molecule has 0 aromatic heterocycles. The van der Waals surface area contributed by atoms with E-state index in [4.69, 9.17) is 16.3 Å². The Kier molecular flexibility index (Phi) is 6.50. The van der Waals surface area contributed by atoms with E-state index in [-0.39, 0.29) is 31.3 Å². The lowest BCUT2D eigenvalue weighted by molar-refractivity contribution is -0.132. The van der Waals surface area contributed by atoms with E-state index >= 15 is 0 Å². The van der Waals surface area contributed by atoms with Gasteiger partial charge in [0, 0.05) is 30.8 Å². The molecule has 2 aromatic carbocycles. The number of methoxy groups -OCH3 is 1. The zero-order valence-electron chi connectivity index (χ0n) is 17.9. The minimum Gasteiger partial charge on any atom is -0.495 e. The molecule has 2 aromatic rings.